The summed E-state index contributed by atoms with van der Waals surface area (Å²) in [5.74, 6) is 0.314. The van der Waals surface area contributed by atoms with Gasteiger partial charge in [0.05, 0.1) is 18.8 Å². The Morgan fingerprint density at radius 1 is 1.50 bits per heavy atom. The zero-order valence-corrected chi connectivity index (χ0v) is 8.76. The van der Waals surface area contributed by atoms with E-state index in [0.29, 0.717) is 12.5 Å². The minimum atomic E-state index is -0.650. The Hall–Kier alpha value is -0.160. The van der Waals surface area contributed by atoms with Gasteiger partial charge in [-0.05, 0) is 18.8 Å². The summed E-state index contributed by atoms with van der Waals surface area (Å²) >= 11 is 0. The third-order valence-corrected chi connectivity index (χ3v) is 2.98. The zero-order valence-electron chi connectivity index (χ0n) is 8.76. The molecule has 0 aliphatic carbocycles. The van der Waals surface area contributed by atoms with E-state index in [2.05, 4.69) is 11.8 Å². The number of piperidine rings is 1. The molecule has 84 valence electrons. The van der Waals surface area contributed by atoms with E-state index in [0.717, 1.165) is 25.9 Å². The number of hydrogen-bond acceptors (Lipinski definition) is 4. The van der Waals surface area contributed by atoms with Gasteiger partial charge in [-0.2, -0.15) is 0 Å². The molecule has 0 aromatic heterocycles. The fraction of sp³-hybridized carbons (Fsp3) is 1.00. The maximum Gasteiger partial charge on any atom is 0.0897 e. The Labute approximate surface area is 85.2 Å². The second-order valence-corrected chi connectivity index (χ2v) is 4.12. The number of aliphatic hydroxyl groups is 3. The van der Waals surface area contributed by atoms with Crippen LogP contribution in [0.5, 0.6) is 0 Å². The maximum absolute atomic E-state index is 9.64. The van der Waals surface area contributed by atoms with E-state index in [1.165, 1.54) is 0 Å². The van der Waals surface area contributed by atoms with Crippen LogP contribution < -0.4 is 0 Å². The number of likely N-dealkylation sites (tertiary alicyclic amines) is 1. The SMILES string of the molecule is CCC1CN(CC(O)CO)CCC1O. The van der Waals surface area contributed by atoms with Crippen LogP contribution in [0.25, 0.3) is 0 Å². The molecular formula is C10H21NO3. The normalized spacial score (nSPS) is 31.7. The number of rotatable bonds is 4. The van der Waals surface area contributed by atoms with Crippen LogP contribution in [0.3, 0.4) is 0 Å². The molecule has 0 saturated carbocycles. The second-order valence-electron chi connectivity index (χ2n) is 4.12. The average Bonchev–Trinajstić information content (AvgIpc) is 2.20. The van der Waals surface area contributed by atoms with Crippen LogP contribution in [0.2, 0.25) is 0 Å². The average molecular weight is 203 g/mol. The van der Waals surface area contributed by atoms with Gasteiger partial charge in [-0.25, -0.2) is 0 Å². The van der Waals surface area contributed by atoms with Gasteiger partial charge in [-0.3, -0.25) is 0 Å². The fourth-order valence-corrected chi connectivity index (χ4v) is 2.02. The Kier molecular flexibility index (Phi) is 4.81. The van der Waals surface area contributed by atoms with E-state index in [9.17, 15) is 10.2 Å². The molecule has 0 bridgehead atoms. The van der Waals surface area contributed by atoms with E-state index in [4.69, 9.17) is 5.11 Å². The summed E-state index contributed by atoms with van der Waals surface area (Å²) < 4.78 is 0. The lowest BCUT2D eigenvalue weighted by Gasteiger charge is -2.36. The third-order valence-electron chi connectivity index (χ3n) is 2.98. The minimum Gasteiger partial charge on any atom is -0.394 e. The molecule has 0 aromatic rings. The van der Waals surface area contributed by atoms with Gasteiger partial charge >= 0.3 is 0 Å². The standard InChI is InChI=1S/C10H21NO3/c1-2-8-5-11(4-3-10(8)14)6-9(13)7-12/h8-10,12-14H,2-7H2,1H3. The Bertz CT molecular complexity index is 165. The molecule has 1 aliphatic heterocycles. The Balaban J connectivity index is 2.34. The second kappa shape index (κ2) is 5.66. The molecular weight excluding hydrogens is 182 g/mol. The zero-order chi connectivity index (χ0) is 10.6. The highest BCUT2D eigenvalue weighted by molar-refractivity contribution is 4.80. The van der Waals surface area contributed by atoms with Crippen molar-refractivity contribution in [2.24, 2.45) is 5.92 Å². The van der Waals surface area contributed by atoms with Crippen LogP contribution in [-0.4, -0.2) is 58.7 Å². The van der Waals surface area contributed by atoms with Crippen molar-refractivity contribution >= 4 is 0 Å². The van der Waals surface area contributed by atoms with Gasteiger partial charge in [-0.15, -0.1) is 0 Å². The van der Waals surface area contributed by atoms with Gasteiger partial charge in [0, 0.05) is 19.6 Å². The summed E-state index contributed by atoms with van der Waals surface area (Å²) in [4.78, 5) is 2.11. The number of β-amino-alcohol motifs (C(OH)–C–C–N with tert-alkyl or cyclic N) is 1. The highest BCUT2D eigenvalue weighted by atomic mass is 16.3. The van der Waals surface area contributed by atoms with Crippen molar-refractivity contribution in [3.8, 4) is 0 Å². The molecule has 1 saturated heterocycles. The first-order valence-corrected chi connectivity index (χ1v) is 5.36. The van der Waals surface area contributed by atoms with Crippen molar-refractivity contribution in [2.75, 3.05) is 26.2 Å². The van der Waals surface area contributed by atoms with Crippen LogP contribution in [-0.2, 0) is 0 Å². The lowest BCUT2D eigenvalue weighted by Crippen LogP contribution is -2.46. The van der Waals surface area contributed by atoms with E-state index < -0.39 is 6.10 Å². The minimum absolute atomic E-state index is 0.185. The van der Waals surface area contributed by atoms with Gasteiger partial charge in [0.2, 0.25) is 0 Å². The van der Waals surface area contributed by atoms with Gasteiger partial charge in [-0.1, -0.05) is 6.92 Å². The van der Waals surface area contributed by atoms with Crippen LogP contribution in [0.15, 0.2) is 0 Å². The van der Waals surface area contributed by atoms with Crippen molar-refractivity contribution in [2.45, 2.75) is 32.0 Å². The molecule has 1 rings (SSSR count). The van der Waals surface area contributed by atoms with Crippen LogP contribution in [0, 0.1) is 5.92 Å². The summed E-state index contributed by atoms with van der Waals surface area (Å²) in [6.07, 6.45) is 0.897. The molecule has 1 aliphatic rings. The lowest BCUT2D eigenvalue weighted by atomic mass is 9.92. The predicted octanol–water partition coefficient (Wildman–Crippen LogP) is -0.568. The molecule has 0 spiro atoms. The van der Waals surface area contributed by atoms with Crippen molar-refractivity contribution in [3.05, 3.63) is 0 Å². The van der Waals surface area contributed by atoms with E-state index in [-0.39, 0.29) is 12.7 Å². The lowest BCUT2D eigenvalue weighted by molar-refractivity contribution is -0.00331. The fourth-order valence-electron chi connectivity index (χ4n) is 2.02. The first-order chi connectivity index (χ1) is 6.67. The Morgan fingerprint density at radius 2 is 2.21 bits per heavy atom. The quantitative estimate of drug-likeness (QED) is 0.573. The largest absolute Gasteiger partial charge is 0.394 e. The van der Waals surface area contributed by atoms with E-state index in [1.54, 1.807) is 0 Å². The van der Waals surface area contributed by atoms with Gasteiger partial charge in [0.15, 0.2) is 0 Å². The van der Waals surface area contributed by atoms with E-state index in [1.807, 2.05) is 0 Å². The summed E-state index contributed by atoms with van der Waals surface area (Å²) in [6, 6.07) is 0. The maximum atomic E-state index is 9.64. The number of hydrogen-bond donors (Lipinski definition) is 3. The first-order valence-electron chi connectivity index (χ1n) is 5.36. The predicted molar refractivity (Wildman–Crippen MR) is 53.9 cm³/mol. The van der Waals surface area contributed by atoms with Crippen molar-refractivity contribution in [1.82, 2.24) is 4.90 Å². The molecule has 3 atom stereocenters. The molecule has 4 nitrogen and oxygen atoms in total. The molecule has 3 N–H and O–H groups in total. The summed E-state index contributed by atoms with van der Waals surface area (Å²) in [5.41, 5.74) is 0. The molecule has 1 heterocycles. The van der Waals surface area contributed by atoms with E-state index >= 15 is 0 Å². The molecule has 14 heavy (non-hydrogen) atoms. The van der Waals surface area contributed by atoms with Crippen molar-refractivity contribution in [1.29, 1.82) is 0 Å². The Morgan fingerprint density at radius 3 is 2.79 bits per heavy atom. The monoisotopic (exact) mass is 203 g/mol. The molecule has 0 aromatic carbocycles. The summed E-state index contributed by atoms with van der Waals surface area (Å²) in [5, 5.41) is 27.6. The highest BCUT2D eigenvalue weighted by Gasteiger charge is 2.26. The summed E-state index contributed by atoms with van der Waals surface area (Å²) in [7, 11) is 0. The van der Waals surface area contributed by atoms with Gasteiger partial charge < -0.3 is 20.2 Å². The molecule has 4 heteroatoms. The third kappa shape index (κ3) is 3.20. The topological polar surface area (TPSA) is 63.9 Å². The molecule has 1 fully saturated rings. The van der Waals surface area contributed by atoms with Gasteiger partial charge in [0.25, 0.3) is 0 Å². The van der Waals surface area contributed by atoms with Crippen molar-refractivity contribution in [3.63, 3.8) is 0 Å². The van der Waals surface area contributed by atoms with Crippen LogP contribution >= 0.6 is 0 Å². The van der Waals surface area contributed by atoms with Crippen molar-refractivity contribution < 1.29 is 15.3 Å². The van der Waals surface area contributed by atoms with Gasteiger partial charge in [0.1, 0.15) is 0 Å². The molecule has 3 unspecified atom stereocenters. The smallest absolute Gasteiger partial charge is 0.0897 e. The first kappa shape index (κ1) is 11.9. The highest BCUT2D eigenvalue weighted by Crippen LogP contribution is 2.19. The molecule has 0 radical (unpaired) electrons. The summed E-state index contributed by atoms with van der Waals surface area (Å²) in [6.45, 7) is 4.04. The number of nitrogens with zero attached hydrogens (tertiary/aromatic N) is 1. The van der Waals surface area contributed by atoms with Crippen LogP contribution in [0.4, 0.5) is 0 Å². The number of aliphatic hydroxyl groups excluding tert-OH is 3. The molecule has 0 amide bonds. The van der Waals surface area contributed by atoms with Crippen LogP contribution in [0.1, 0.15) is 19.8 Å².